The van der Waals surface area contributed by atoms with Crippen molar-refractivity contribution >= 4 is 65.8 Å². The lowest BCUT2D eigenvalue weighted by Crippen LogP contribution is -2.43. The Morgan fingerprint density at radius 3 is 0.980 bits per heavy atom. The number of amides is 7. The van der Waals surface area contributed by atoms with Gasteiger partial charge in [0.1, 0.15) is 36.8 Å². The number of hydroxylamine groups is 6. The minimum Gasteiger partial charge on any atom is -0.508 e. The number of rotatable bonds is 45. The molecule has 3 heterocycles. The molecule has 2 aromatic rings. The van der Waals surface area contributed by atoms with Crippen LogP contribution < -0.4 is 11.1 Å². The number of methoxy groups -OCH3 is 5. The van der Waals surface area contributed by atoms with Gasteiger partial charge in [0.25, 0.3) is 35.4 Å². The summed E-state index contributed by atoms with van der Waals surface area (Å²) in [4.78, 5) is 137. The maximum absolute atomic E-state index is 11.9. The number of aliphatic hydroxyl groups excluding tert-OH is 1. The Hall–Kier alpha value is -8.35. The molecular weight excluding hydrogens is 1340 g/mol. The van der Waals surface area contributed by atoms with Gasteiger partial charge in [-0.15, -0.1) is 0 Å². The Bertz CT molecular complexity index is 2540. The van der Waals surface area contributed by atoms with Gasteiger partial charge in [-0.3, -0.25) is 48.1 Å². The molecule has 3 fully saturated rings. The Kier molecular flexibility index (Phi) is 52.4. The molecule has 0 bridgehead atoms. The van der Waals surface area contributed by atoms with Crippen LogP contribution >= 0.6 is 0 Å². The predicted octanol–water partition coefficient (Wildman–Crippen LogP) is 0.176. The number of esters is 2. The number of phenolic OH excluding ortho intramolecular Hbond substituents is 2. The molecule has 6 N–H and O–H groups in total. The molecule has 0 aliphatic carbocycles. The lowest BCUT2D eigenvalue weighted by atomic mass is 10.1. The maximum atomic E-state index is 11.9. The number of alkyl carbamates (subject to hydrolysis) is 1. The van der Waals surface area contributed by atoms with Crippen LogP contribution in [0.5, 0.6) is 11.5 Å². The molecule has 3 aliphatic rings. The van der Waals surface area contributed by atoms with Crippen LogP contribution in [0.2, 0.25) is 0 Å². The standard InChI is InChI=1S/C20H31NO9.C14H23NO9.C10H13NO3.C9H8N2O7.C9H20O5/c1-25-7-8-27-9-10-28-11-12-29-13-14-30-20(24)21-18(19(23)26-2)15-16-3-5-17(22)6-4-16;1-19-4-5-20-6-7-21-8-9-22-10-11-23-14(18)24-15-12(16)2-3-13(15)17;1-14-10(13)9(11)6-7-2-4-8(12)5-3-7;12-5-1-2-6(13)10(5)17-9(16)18-11-7(14)3-4-8(11)15;1-11-4-5-13-8-9-14-7-6-12-3-2-10/h3-6,18,22H,7-15H2,1-2H3,(H,21,24);2-11H2,1H3;2-5,9,12H,6,11H2,1H3;1-4H2;10H,2-9H2,1H3. The number of phenols is 2. The number of aliphatic hydroxyl groups is 1. The monoisotopic (exact) mass is 1440 g/mol. The van der Waals surface area contributed by atoms with E-state index < -0.39 is 77.9 Å². The Morgan fingerprint density at radius 1 is 0.390 bits per heavy atom. The van der Waals surface area contributed by atoms with Crippen molar-refractivity contribution in [3.63, 3.8) is 0 Å². The van der Waals surface area contributed by atoms with E-state index >= 15 is 0 Å². The molecule has 2 unspecified atom stereocenters. The molecule has 38 nitrogen and oxygen atoms in total. The van der Waals surface area contributed by atoms with Gasteiger partial charge in [0, 0.05) is 66.3 Å². The molecule has 100 heavy (non-hydrogen) atoms. The van der Waals surface area contributed by atoms with E-state index in [1.165, 1.54) is 26.4 Å². The van der Waals surface area contributed by atoms with Crippen molar-refractivity contribution in [3.05, 3.63) is 59.7 Å². The molecule has 7 amide bonds. The number of benzene rings is 2. The highest BCUT2D eigenvalue weighted by Crippen LogP contribution is 2.17. The summed E-state index contributed by atoms with van der Waals surface area (Å²) in [5.74, 6) is -4.58. The van der Waals surface area contributed by atoms with Gasteiger partial charge in [0.05, 0.1) is 160 Å². The zero-order valence-electron chi connectivity index (χ0n) is 56.9. The molecule has 38 heteroatoms. The van der Waals surface area contributed by atoms with Gasteiger partial charge in [-0.2, -0.15) is 4.79 Å². The largest absolute Gasteiger partial charge is 0.560 e. The third-order valence-corrected chi connectivity index (χ3v) is 12.2. The Morgan fingerprint density at radius 2 is 0.670 bits per heavy atom. The van der Waals surface area contributed by atoms with Crippen LogP contribution in [0.25, 0.3) is 0 Å². The number of aromatic hydroxyl groups is 2. The number of imide groups is 3. The summed E-state index contributed by atoms with van der Waals surface area (Å²) in [6, 6.07) is 11.3. The highest BCUT2D eigenvalue weighted by atomic mass is 16.9. The first kappa shape index (κ1) is 89.7. The van der Waals surface area contributed by atoms with Gasteiger partial charge in [-0.1, -0.05) is 39.5 Å². The SMILES string of the molecule is COC(=O)C(N)Cc1ccc(O)cc1.COCCOCCOCCOCCO.COCCOCCOCCOCCOC(=O)NC(Cc1ccc(O)cc1)C(=O)OC.COCCOCCOCCOCCOC(=O)ON1C(=O)CCC1=O.O=C(ON1C(=O)CCC1=O)ON1C(=O)CCC1=O. The highest BCUT2D eigenvalue weighted by molar-refractivity contribution is 6.03. The van der Waals surface area contributed by atoms with Crippen molar-refractivity contribution in [2.24, 2.45) is 5.73 Å². The van der Waals surface area contributed by atoms with Crippen molar-refractivity contribution in [1.29, 1.82) is 0 Å². The van der Waals surface area contributed by atoms with Gasteiger partial charge in [0.15, 0.2) is 0 Å². The summed E-state index contributed by atoms with van der Waals surface area (Å²) in [6.07, 6.45) is -2.92. The number of hydrogen-bond donors (Lipinski definition) is 5. The van der Waals surface area contributed by atoms with Gasteiger partial charge < -0.3 is 102 Å². The first-order chi connectivity index (χ1) is 48.2. The summed E-state index contributed by atoms with van der Waals surface area (Å²) in [6.45, 7) is 9.62. The average molecular weight is 1440 g/mol. The molecule has 3 aliphatic heterocycles. The fourth-order valence-corrected chi connectivity index (χ4v) is 7.24. The van der Waals surface area contributed by atoms with E-state index in [4.69, 9.17) is 82.3 Å². The number of carbonyl (C=O) groups excluding carboxylic acids is 11. The summed E-state index contributed by atoms with van der Waals surface area (Å²) in [7, 11) is 7.39. The minimum absolute atomic E-state index is 0.0268. The van der Waals surface area contributed by atoms with E-state index in [1.54, 1.807) is 57.7 Å². The highest BCUT2D eigenvalue weighted by Gasteiger charge is 2.38. The van der Waals surface area contributed by atoms with E-state index in [0.717, 1.165) is 11.1 Å². The normalized spacial score (nSPS) is 13.7. The predicted molar refractivity (Wildman–Crippen MR) is 337 cm³/mol. The summed E-state index contributed by atoms with van der Waals surface area (Å²) in [5.41, 5.74) is 7.20. The molecule has 0 saturated carbocycles. The first-order valence-electron chi connectivity index (χ1n) is 31.2. The number of nitrogens with one attached hydrogen (secondary N) is 1. The van der Waals surface area contributed by atoms with E-state index in [2.05, 4.69) is 29.3 Å². The van der Waals surface area contributed by atoms with Crippen molar-refractivity contribution in [1.82, 2.24) is 20.5 Å². The first-order valence-corrected chi connectivity index (χ1v) is 31.2. The molecule has 3 saturated heterocycles. The zero-order chi connectivity index (χ0) is 74.0. The number of nitrogens with zero attached hydrogens (tertiary/aromatic N) is 3. The fourth-order valence-electron chi connectivity index (χ4n) is 7.24. The molecule has 2 atom stereocenters. The maximum Gasteiger partial charge on any atom is 0.560 e. The number of ether oxygens (including phenoxy) is 16. The molecule has 0 radical (unpaired) electrons. The second kappa shape index (κ2) is 58.4. The molecule has 566 valence electrons. The van der Waals surface area contributed by atoms with Crippen LogP contribution in [-0.2, 0) is 142 Å². The van der Waals surface area contributed by atoms with Crippen LogP contribution in [0.1, 0.15) is 49.7 Å². The van der Waals surface area contributed by atoms with Crippen LogP contribution in [0.3, 0.4) is 0 Å². The van der Waals surface area contributed by atoms with Gasteiger partial charge >= 0.3 is 30.3 Å². The Balaban J connectivity index is 0.000000645. The van der Waals surface area contributed by atoms with Crippen LogP contribution in [-0.4, -0.2) is 302 Å². The third-order valence-electron chi connectivity index (χ3n) is 12.2. The van der Waals surface area contributed by atoms with Crippen LogP contribution in [0.15, 0.2) is 48.5 Å². The van der Waals surface area contributed by atoms with Crippen molar-refractivity contribution < 1.29 is 158 Å². The second-order valence-electron chi connectivity index (χ2n) is 19.8. The van der Waals surface area contributed by atoms with Gasteiger partial charge in [0.2, 0.25) is 0 Å². The number of carbonyl (C=O) groups is 11. The smallest absolute Gasteiger partial charge is 0.508 e. The Labute approximate surface area is 577 Å². The van der Waals surface area contributed by atoms with Crippen LogP contribution in [0, 0.1) is 0 Å². The summed E-state index contributed by atoms with van der Waals surface area (Å²) < 4.78 is 80.2. The molecule has 2 aromatic carbocycles. The van der Waals surface area contributed by atoms with Crippen molar-refractivity contribution in [2.45, 2.75) is 63.5 Å². The summed E-state index contributed by atoms with van der Waals surface area (Å²) >= 11 is 0. The molecule has 5 rings (SSSR count). The topological polar surface area (TPSA) is 472 Å². The third kappa shape index (κ3) is 44.6. The number of nitrogens with two attached hydrogens (primary N) is 1. The quantitative estimate of drug-likeness (QED) is 0.0255. The van der Waals surface area contributed by atoms with Gasteiger partial charge in [-0.05, 0) is 41.8 Å². The van der Waals surface area contributed by atoms with Crippen LogP contribution in [0.4, 0.5) is 14.4 Å². The van der Waals surface area contributed by atoms with Crippen molar-refractivity contribution in [3.8, 4) is 11.5 Å². The van der Waals surface area contributed by atoms with E-state index in [0.29, 0.717) is 137 Å². The minimum atomic E-state index is -1.48. The summed E-state index contributed by atoms with van der Waals surface area (Å²) in [5, 5.41) is 30.1. The molecule has 0 spiro atoms. The van der Waals surface area contributed by atoms with E-state index in [9.17, 15) is 57.8 Å². The average Bonchev–Trinajstić information content (AvgIpc) is 1.74. The second-order valence-corrected chi connectivity index (χ2v) is 19.8. The van der Waals surface area contributed by atoms with Crippen molar-refractivity contribution in [2.75, 3.05) is 194 Å². The lowest BCUT2D eigenvalue weighted by molar-refractivity contribution is -0.198. The number of hydrogen-bond acceptors (Lipinski definition) is 34. The molecular formula is C62H95N5O33. The lowest BCUT2D eigenvalue weighted by Gasteiger charge is -2.16. The molecule has 0 aromatic heterocycles. The van der Waals surface area contributed by atoms with E-state index in [-0.39, 0.29) is 99.6 Å². The fraction of sp³-hybridized carbons (Fsp3) is 0.629. The van der Waals surface area contributed by atoms with Gasteiger partial charge in [-0.25, -0.2) is 14.4 Å². The van der Waals surface area contributed by atoms with E-state index in [1.807, 2.05) is 0 Å². The zero-order valence-corrected chi connectivity index (χ0v) is 56.9.